The van der Waals surface area contributed by atoms with E-state index in [9.17, 15) is 22.0 Å². The molecule has 0 fully saturated rings. The summed E-state index contributed by atoms with van der Waals surface area (Å²) >= 11 is 0. The molecular weight excluding hydrogens is 422 g/mol. The Labute approximate surface area is 180 Å². The highest BCUT2D eigenvalue weighted by Gasteiger charge is 2.27. The third-order valence-corrected chi connectivity index (χ3v) is 6.56. The highest BCUT2D eigenvalue weighted by atomic mass is 32.2. The third-order valence-electron chi connectivity index (χ3n) is 4.70. The molecule has 0 radical (unpaired) electrons. The van der Waals surface area contributed by atoms with Crippen LogP contribution in [0.3, 0.4) is 0 Å². The molecule has 0 aliphatic rings. The van der Waals surface area contributed by atoms with Crippen molar-refractivity contribution in [1.82, 2.24) is 4.31 Å². The number of carbonyl (C=O) groups is 1. The molecule has 162 valence electrons. The van der Waals surface area contributed by atoms with Crippen LogP contribution in [-0.4, -0.2) is 31.7 Å². The lowest BCUT2D eigenvalue weighted by molar-refractivity contribution is -0.116. The lowest BCUT2D eigenvalue weighted by Crippen LogP contribution is -2.39. The topological polar surface area (TPSA) is 66.5 Å². The van der Waals surface area contributed by atoms with Crippen LogP contribution in [0.5, 0.6) is 0 Å². The van der Waals surface area contributed by atoms with Crippen LogP contribution in [0.2, 0.25) is 0 Å². The number of aryl methyl sites for hydroxylation is 1. The minimum absolute atomic E-state index is 0.0212. The average molecular weight is 445 g/mol. The zero-order valence-corrected chi connectivity index (χ0v) is 17.7. The molecular formula is C23H22F2N2O3S. The van der Waals surface area contributed by atoms with E-state index in [4.69, 9.17) is 0 Å². The van der Waals surface area contributed by atoms with E-state index in [2.05, 4.69) is 5.32 Å². The SMILES string of the molecule is Cc1ccc(S(=O)(=O)N(CCc2ccccc2)CC(=O)Nc2c(F)cccc2F)cc1. The van der Waals surface area contributed by atoms with E-state index in [1.165, 1.54) is 18.2 Å². The van der Waals surface area contributed by atoms with Gasteiger partial charge >= 0.3 is 0 Å². The largest absolute Gasteiger partial charge is 0.320 e. The summed E-state index contributed by atoms with van der Waals surface area (Å²) in [5.74, 6) is -2.72. The number of benzene rings is 3. The summed E-state index contributed by atoms with van der Waals surface area (Å²) in [5, 5.41) is 2.14. The highest BCUT2D eigenvalue weighted by Crippen LogP contribution is 2.20. The number of rotatable bonds is 8. The highest BCUT2D eigenvalue weighted by molar-refractivity contribution is 7.89. The standard InChI is InChI=1S/C23H22F2N2O3S/c1-17-10-12-19(13-11-17)31(29,30)27(15-14-18-6-3-2-4-7-18)16-22(28)26-23-20(24)8-5-9-21(23)25/h2-13H,14-16H2,1H3,(H,26,28). The Kier molecular flexibility index (Phi) is 7.14. The van der Waals surface area contributed by atoms with E-state index in [-0.39, 0.29) is 11.4 Å². The van der Waals surface area contributed by atoms with E-state index in [1.807, 2.05) is 37.3 Å². The Morgan fingerprint density at radius 3 is 2.13 bits per heavy atom. The molecule has 0 unspecified atom stereocenters. The van der Waals surface area contributed by atoms with Crippen LogP contribution in [0.4, 0.5) is 14.5 Å². The lowest BCUT2D eigenvalue weighted by atomic mass is 10.1. The van der Waals surface area contributed by atoms with Crippen molar-refractivity contribution in [3.63, 3.8) is 0 Å². The fourth-order valence-corrected chi connectivity index (χ4v) is 4.40. The first-order valence-electron chi connectivity index (χ1n) is 9.62. The summed E-state index contributed by atoms with van der Waals surface area (Å²) in [6.07, 6.45) is 0.368. The summed E-state index contributed by atoms with van der Waals surface area (Å²) in [7, 11) is -4.01. The molecule has 1 N–H and O–H groups in total. The van der Waals surface area contributed by atoms with Crippen LogP contribution < -0.4 is 5.32 Å². The predicted octanol–water partition coefficient (Wildman–Crippen LogP) is 4.15. The van der Waals surface area contributed by atoms with Gasteiger partial charge in [-0.1, -0.05) is 54.1 Å². The first-order chi connectivity index (χ1) is 14.8. The number of anilines is 1. The zero-order valence-electron chi connectivity index (χ0n) is 16.9. The van der Waals surface area contributed by atoms with Gasteiger partial charge in [0.05, 0.1) is 11.4 Å². The molecule has 0 spiro atoms. The molecule has 0 aliphatic carbocycles. The monoisotopic (exact) mass is 444 g/mol. The molecule has 31 heavy (non-hydrogen) atoms. The second-order valence-corrected chi connectivity index (χ2v) is 8.97. The number of sulfonamides is 1. The quantitative estimate of drug-likeness (QED) is 0.568. The predicted molar refractivity (Wildman–Crippen MR) is 115 cm³/mol. The van der Waals surface area contributed by atoms with Crippen LogP contribution in [0.25, 0.3) is 0 Å². The van der Waals surface area contributed by atoms with Gasteiger partial charge in [0.1, 0.15) is 17.3 Å². The first-order valence-corrected chi connectivity index (χ1v) is 11.1. The molecule has 5 nitrogen and oxygen atoms in total. The Balaban J connectivity index is 1.84. The zero-order chi connectivity index (χ0) is 22.4. The number of amides is 1. The Bertz CT molecular complexity index is 1130. The van der Waals surface area contributed by atoms with Gasteiger partial charge in [-0.25, -0.2) is 17.2 Å². The number of carbonyl (C=O) groups excluding carboxylic acids is 1. The van der Waals surface area contributed by atoms with Crippen molar-refractivity contribution in [2.45, 2.75) is 18.2 Å². The summed E-state index contributed by atoms with van der Waals surface area (Å²) < 4.78 is 55.1. The van der Waals surface area contributed by atoms with Gasteiger partial charge in [-0.3, -0.25) is 4.79 Å². The van der Waals surface area contributed by atoms with Crippen LogP contribution in [0.15, 0.2) is 77.7 Å². The number of hydrogen-bond acceptors (Lipinski definition) is 3. The molecule has 3 rings (SSSR count). The van der Waals surface area contributed by atoms with Gasteiger partial charge in [-0.2, -0.15) is 4.31 Å². The van der Waals surface area contributed by atoms with E-state index in [0.717, 1.165) is 27.6 Å². The van der Waals surface area contributed by atoms with E-state index >= 15 is 0 Å². The number of nitrogens with one attached hydrogen (secondary N) is 1. The van der Waals surface area contributed by atoms with Crippen molar-refractivity contribution in [2.75, 3.05) is 18.4 Å². The van der Waals surface area contributed by atoms with Crippen molar-refractivity contribution >= 4 is 21.6 Å². The van der Waals surface area contributed by atoms with Crippen LogP contribution in [-0.2, 0) is 21.2 Å². The number of para-hydroxylation sites is 1. The van der Waals surface area contributed by atoms with Gasteiger partial charge < -0.3 is 5.32 Å². The normalized spacial score (nSPS) is 11.5. The van der Waals surface area contributed by atoms with Gasteiger partial charge in [0.2, 0.25) is 15.9 Å². The van der Waals surface area contributed by atoms with Crippen LogP contribution in [0, 0.1) is 18.6 Å². The Morgan fingerprint density at radius 2 is 1.52 bits per heavy atom. The second-order valence-electron chi connectivity index (χ2n) is 7.03. The second kappa shape index (κ2) is 9.80. The van der Waals surface area contributed by atoms with Gasteiger partial charge in [0.15, 0.2) is 0 Å². The summed E-state index contributed by atoms with van der Waals surface area (Å²) in [4.78, 5) is 12.6. The molecule has 0 aliphatic heterocycles. The molecule has 0 bridgehead atoms. The van der Waals surface area contributed by atoms with Crippen LogP contribution in [0.1, 0.15) is 11.1 Å². The minimum atomic E-state index is -4.01. The van der Waals surface area contributed by atoms with Gasteiger partial charge in [-0.15, -0.1) is 0 Å². The van der Waals surface area contributed by atoms with E-state index in [1.54, 1.807) is 12.1 Å². The molecule has 0 aromatic heterocycles. The van der Waals surface area contributed by atoms with Crippen molar-refractivity contribution in [1.29, 1.82) is 0 Å². The minimum Gasteiger partial charge on any atom is -0.320 e. The number of hydrogen-bond donors (Lipinski definition) is 1. The van der Waals surface area contributed by atoms with Gasteiger partial charge in [0, 0.05) is 6.54 Å². The summed E-state index contributed by atoms with van der Waals surface area (Å²) in [6.45, 7) is 1.27. The maximum Gasteiger partial charge on any atom is 0.243 e. The van der Waals surface area contributed by atoms with Gasteiger partial charge in [0.25, 0.3) is 0 Å². The maximum absolute atomic E-state index is 13.9. The Hall–Kier alpha value is -3.10. The number of halogens is 2. The average Bonchev–Trinajstić information content (AvgIpc) is 2.75. The summed E-state index contributed by atoms with van der Waals surface area (Å²) in [5.41, 5.74) is 1.18. The van der Waals surface area contributed by atoms with Crippen LogP contribution >= 0.6 is 0 Å². The molecule has 1 amide bonds. The van der Waals surface area contributed by atoms with E-state index < -0.39 is 39.8 Å². The lowest BCUT2D eigenvalue weighted by Gasteiger charge is -2.22. The van der Waals surface area contributed by atoms with Crippen molar-refractivity contribution < 1.29 is 22.0 Å². The molecule has 0 heterocycles. The molecule has 0 atom stereocenters. The number of nitrogens with zero attached hydrogens (tertiary/aromatic N) is 1. The molecule has 0 saturated heterocycles. The fourth-order valence-electron chi connectivity index (χ4n) is 3.00. The first kappa shape index (κ1) is 22.6. The molecule has 0 saturated carbocycles. The van der Waals surface area contributed by atoms with E-state index in [0.29, 0.717) is 6.42 Å². The van der Waals surface area contributed by atoms with Gasteiger partial charge in [-0.05, 0) is 43.2 Å². The summed E-state index contributed by atoms with van der Waals surface area (Å²) in [6, 6.07) is 18.7. The van der Waals surface area contributed by atoms with Crippen molar-refractivity contribution in [3.8, 4) is 0 Å². The fraction of sp³-hybridized carbons (Fsp3) is 0.174. The molecule has 3 aromatic rings. The maximum atomic E-state index is 13.9. The molecule has 8 heteroatoms. The van der Waals surface area contributed by atoms with Crippen molar-refractivity contribution in [2.24, 2.45) is 0 Å². The molecule has 3 aromatic carbocycles. The Morgan fingerprint density at radius 1 is 0.903 bits per heavy atom. The smallest absolute Gasteiger partial charge is 0.243 e. The van der Waals surface area contributed by atoms with Crippen molar-refractivity contribution in [3.05, 3.63) is 95.6 Å². The third kappa shape index (κ3) is 5.74.